The number of rotatable bonds is 8. The van der Waals surface area contributed by atoms with Crippen molar-refractivity contribution in [2.75, 3.05) is 0 Å². The van der Waals surface area contributed by atoms with E-state index in [-0.39, 0.29) is 0 Å². The van der Waals surface area contributed by atoms with E-state index >= 15 is 0 Å². The summed E-state index contributed by atoms with van der Waals surface area (Å²) < 4.78 is 0. The fraction of sp³-hybridized carbons (Fsp3) is 1.00. The van der Waals surface area contributed by atoms with Crippen LogP contribution >= 0.6 is 0 Å². The van der Waals surface area contributed by atoms with Crippen molar-refractivity contribution in [2.24, 2.45) is 35.5 Å². The maximum absolute atomic E-state index is 2.46. The van der Waals surface area contributed by atoms with Gasteiger partial charge >= 0.3 is 0 Å². The molecule has 0 aliphatic carbocycles. The van der Waals surface area contributed by atoms with Crippen molar-refractivity contribution in [2.45, 2.75) is 74.7 Å². The topological polar surface area (TPSA) is 0 Å². The molecule has 0 heterocycles. The van der Waals surface area contributed by atoms with Crippen molar-refractivity contribution >= 4 is 0 Å². The van der Waals surface area contributed by atoms with Crippen LogP contribution in [0, 0.1) is 35.5 Å². The van der Waals surface area contributed by atoms with Crippen molar-refractivity contribution in [3.8, 4) is 0 Å². The molecule has 0 aliphatic heterocycles. The van der Waals surface area contributed by atoms with Crippen molar-refractivity contribution < 1.29 is 0 Å². The van der Waals surface area contributed by atoms with E-state index in [1.165, 1.54) is 19.3 Å². The average Bonchev–Trinajstić information content (AvgIpc) is 2.27. The van der Waals surface area contributed by atoms with Crippen molar-refractivity contribution in [3.63, 3.8) is 0 Å². The molecule has 0 N–H and O–H groups in total. The maximum atomic E-state index is 2.46. The molecule has 0 saturated carbocycles. The Labute approximate surface area is 111 Å². The Morgan fingerprint density at radius 2 is 1.06 bits per heavy atom. The lowest BCUT2D eigenvalue weighted by atomic mass is 9.71. The van der Waals surface area contributed by atoms with Gasteiger partial charge in [0.1, 0.15) is 0 Å². The highest BCUT2D eigenvalue weighted by Crippen LogP contribution is 2.35. The second-order valence-electron chi connectivity index (χ2n) is 6.96. The summed E-state index contributed by atoms with van der Waals surface area (Å²) in [6, 6.07) is 0. The molecule has 17 heavy (non-hydrogen) atoms. The largest absolute Gasteiger partial charge is 0.0651 e. The van der Waals surface area contributed by atoms with Crippen molar-refractivity contribution in [1.29, 1.82) is 0 Å². The van der Waals surface area contributed by atoms with Gasteiger partial charge in [-0.3, -0.25) is 0 Å². The number of hydrogen-bond donors (Lipinski definition) is 0. The third-order valence-corrected chi connectivity index (χ3v) is 5.14. The van der Waals surface area contributed by atoms with E-state index in [9.17, 15) is 0 Å². The molecular weight excluding hydrogens is 204 g/mol. The molecule has 0 heteroatoms. The van der Waals surface area contributed by atoms with Gasteiger partial charge in [-0.25, -0.2) is 0 Å². The van der Waals surface area contributed by atoms with Gasteiger partial charge in [0.15, 0.2) is 0 Å². The first kappa shape index (κ1) is 17.0. The summed E-state index contributed by atoms with van der Waals surface area (Å²) in [5, 5.41) is 0. The zero-order valence-corrected chi connectivity index (χ0v) is 13.6. The SMILES string of the molecule is CCC(C)CCC(C(C)C(C)C)C(C)C(C)C. The van der Waals surface area contributed by atoms with Gasteiger partial charge < -0.3 is 0 Å². The molecule has 104 valence electrons. The summed E-state index contributed by atoms with van der Waals surface area (Å²) in [6.07, 6.45) is 4.17. The molecular formula is C17H36. The normalized spacial score (nSPS) is 19.4. The smallest absolute Gasteiger partial charge is 0.0358 e. The maximum Gasteiger partial charge on any atom is -0.0358 e. The molecule has 0 aromatic carbocycles. The molecule has 3 atom stereocenters. The van der Waals surface area contributed by atoms with Crippen LogP contribution in [0.4, 0.5) is 0 Å². The molecule has 0 bridgehead atoms. The standard InChI is InChI=1S/C17H36/c1-9-14(6)10-11-17(15(7)12(2)3)16(8)13(4)5/h12-17H,9-11H2,1-8H3. The minimum atomic E-state index is 0.818. The van der Waals surface area contributed by atoms with Crippen LogP contribution in [-0.2, 0) is 0 Å². The van der Waals surface area contributed by atoms with Crippen LogP contribution in [0.25, 0.3) is 0 Å². The monoisotopic (exact) mass is 240 g/mol. The van der Waals surface area contributed by atoms with E-state index in [1.54, 1.807) is 0 Å². The third-order valence-electron chi connectivity index (χ3n) is 5.14. The van der Waals surface area contributed by atoms with Crippen LogP contribution in [0.1, 0.15) is 74.7 Å². The Balaban J connectivity index is 4.51. The predicted octanol–water partition coefficient (Wildman–Crippen LogP) is 6.01. The minimum absolute atomic E-state index is 0.818. The third kappa shape index (κ3) is 5.93. The lowest BCUT2D eigenvalue weighted by Gasteiger charge is -2.35. The van der Waals surface area contributed by atoms with Crippen LogP contribution in [0.2, 0.25) is 0 Å². The summed E-state index contributed by atoms with van der Waals surface area (Å²) in [4.78, 5) is 0. The fourth-order valence-electron chi connectivity index (χ4n) is 2.67. The van der Waals surface area contributed by atoms with Gasteiger partial charge in [-0.2, -0.15) is 0 Å². The first-order valence-corrected chi connectivity index (χ1v) is 7.81. The van der Waals surface area contributed by atoms with E-state index in [0.29, 0.717) is 0 Å². The van der Waals surface area contributed by atoms with Crippen LogP contribution in [0.15, 0.2) is 0 Å². The lowest BCUT2D eigenvalue weighted by molar-refractivity contribution is 0.147. The fourth-order valence-corrected chi connectivity index (χ4v) is 2.67. The van der Waals surface area contributed by atoms with Gasteiger partial charge in [-0.1, -0.05) is 68.2 Å². The summed E-state index contributed by atoms with van der Waals surface area (Å²) in [7, 11) is 0. The van der Waals surface area contributed by atoms with E-state index in [2.05, 4.69) is 55.4 Å². The highest BCUT2D eigenvalue weighted by atomic mass is 14.3. The van der Waals surface area contributed by atoms with Crippen LogP contribution in [0.5, 0.6) is 0 Å². The minimum Gasteiger partial charge on any atom is -0.0651 e. The van der Waals surface area contributed by atoms with Gasteiger partial charge in [0, 0.05) is 0 Å². The van der Waals surface area contributed by atoms with Crippen LogP contribution in [0.3, 0.4) is 0 Å². The van der Waals surface area contributed by atoms with Crippen molar-refractivity contribution in [3.05, 3.63) is 0 Å². The molecule has 0 aromatic heterocycles. The lowest BCUT2D eigenvalue weighted by Crippen LogP contribution is -2.27. The first-order chi connectivity index (χ1) is 7.81. The molecule has 0 nitrogen and oxygen atoms in total. The molecule has 0 fully saturated rings. The van der Waals surface area contributed by atoms with Gasteiger partial charge in [0.25, 0.3) is 0 Å². The summed E-state index contributed by atoms with van der Waals surface area (Å²) >= 11 is 0. The summed E-state index contributed by atoms with van der Waals surface area (Å²) in [5.41, 5.74) is 0. The second-order valence-corrected chi connectivity index (χ2v) is 6.96. The predicted molar refractivity (Wildman–Crippen MR) is 80.2 cm³/mol. The first-order valence-electron chi connectivity index (χ1n) is 7.81. The number of hydrogen-bond acceptors (Lipinski definition) is 0. The molecule has 0 aromatic rings. The average molecular weight is 240 g/mol. The van der Waals surface area contributed by atoms with Gasteiger partial charge in [-0.15, -0.1) is 0 Å². The molecule has 0 aliphatic rings. The van der Waals surface area contributed by atoms with E-state index in [1.807, 2.05) is 0 Å². The Hall–Kier alpha value is 0. The Morgan fingerprint density at radius 3 is 1.35 bits per heavy atom. The van der Waals surface area contributed by atoms with E-state index in [4.69, 9.17) is 0 Å². The highest BCUT2D eigenvalue weighted by molar-refractivity contribution is 4.77. The molecule has 0 rings (SSSR count). The summed E-state index contributed by atoms with van der Waals surface area (Å²) in [6.45, 7) is 19.2. The zero-order chi connectivity index (χ0) is 13.6. The quantitative estimate of drug-likeness (QED) is 0.487. The Bertz CT molecular complexity index is 166. The van der Waals surface area contributed by atoms with Gasteiger partial charge in [0.05, 0.1) is 0 Å². The summed E-state index contributed by atoms with van der Waals surface area (Å²) in [5.74, 6) is 5.16. The van der Waals surface area contributed by atoms with Crippen molar-refractivity contribution in [1.82, 2.24) is 0 Å². The second kappa shape index (κ2) is 8.16. The molecule has 0 amide bonds. The molecule has 0 saturated heterocycles. The van der Waals surface area contributed by atoms with Gasteiger partial charge in [0.2, 0.25) is 0 Å². The Morgan fingerprint density at radius 1 is 0.647 bits per heavy atom. The highest BCUT2D eigenvalue weighted by Gasteiger charge is 2.27. The van der Waals surface area contributed by atoms with E-state index in [0.717, 1.165) is 35.5 Å². The van der Waals surface area contributed by atoms with E-state index < -0.39 is 0 Å². The Kier molecular flexibility index (Phi) is 8.16. The molecule has 0 radical (unpaired) electrons. The van der Waals surface area contributed by atoms with Crippen LogP contribution in [-0.4, -0.2) is 0 Å². The van der Waals surface area contributed by atoms with Crippen LogP contribution < -0.4 is 0 Å². The van der Waals surface area contributed by atoms with Gasteiger partial charge in [-0.05, 0) is 41.9 Å². The molecule has 3 unspecified atom stereocenters. The zero-order valence-electron chi connectivity index (χ0n) is 13.6. The molecule has 0 spiro atoms.